The molecule has 0 unspecified atom stereocenters. The fourth-order valence-electron chi connectivity index (χ4n) is 1.59. The molecule has 2 rings (SSSR count). The second kappa shape index (κ2) is 4.90. The second-order valence-corrected chi connectivity index (χ2v) is 3.86. The average Bonchev–Trinajstić information content (AvgIpc) is 2.73. The minimum absolute atomic E-state index is 0.310. The van der Waals surface area contributed by atoms with Crippen LogP contribution in [0.15, 0.2) is 36.8 Å². The van der Waals surface area contributed by atoms with Gasteiger partial charge in [-0.15, -0.1) is 0 Å². The van der Waals surface area contributed by atoms with Crippen molar-refractivity contribution in [3.05, 3.63) is 48.0 Å². The monoisotopic (exact) mass is 216 g/mol. The highest BCUT2D eigenvalue weighted by molar-refractivity contribution is 5.14. The first-order valence-electron chi connectivity index (χ1n) is 5.37. The largest absolute Gasteiger partial charge is 0.304 e. The molecular weight excluding hydrogens is 200 g/mol. The van der Waals surface area contributed by atoms with Crippen molar-refractivity contribution in [1.82, 2.24) is 20.1 Å². The summed E-state index contributed by atoms with van der Waals surface area (Å²) in [5.74, 6) is 0. The molecular formula is C12H16N4. The number of nitrogens with one attached hydrogen (secondary N) is 1. The van der Waals surface area contributed by atoms with E-state index < -0.39 is 0 Å². The number of aromatic nitrogens is 3. The molecule has 1 atom stereocenters. The third-order valence-electron chi connectivity index (χ3n) is 2.56. The molecule has 0 radical (unpaired) electrons. The van der Waals surface area contributed by atoms with Crippen LogP contribution in [0.1, 0.15) is 24.2 Å². The summed E-state index contributed by atoms with van der Waals surface area (Å²) in [7, 11) is 1.93. The smallest absolute Gasteiger partial charge is 0.0762 e. The van der Waals surface area contributed by atoms with Gasteiger partial charge in [0.1, 0.15) is 0 Å². The first-order chi connectivity index (χ1) is 7.75. The van der Waals surface area contributed by atoms with Crippen molar-refractivity contribution in [3.63, 3.8) is 0 Å². The summed E-state index contributed by atoms with van der Waals surface area (Å²) in [6.07, 6.45) is 5.58. The van der Waals surface area contributed by atoms with Crippen molar-refractivity contribution < 1.29 is 0 Å². The first kappa shape index (κ1) is 10.8. The van der Waals surface area contributed by atoms with Gasteiger partial charge in [0.25, 0.3) is 0 Å². The van der Waals surface area contributed by atoms with E-state index in [1.165, 1.54) is 5.56 Å². The summed E-state index contributed by atoms with van der Waals surface area (Å²) in [5.41, 5.74) is 2.30. The highest BCUT2D eigenvalue weighted by Crippen LogP contribution is 2.10. The molecule has 0 bridgehead atoms. The van der Waals surface area contributed by atoms with Gasteiger partial charge in [-0.2, -0.15) is 5.10 Å². The number of aryl methyl sites for hydroxylation is 1. The Kier molecular flexibility index (Phi) is 3.31. The van der Waals surface area contributed by atoms with E-state index in [4.69, 9.17) is 0 Å². The van der Waals surface area contributed by atoms with Crippen LogP contribution in [-0.4, -0.2) is 14.8 Å². The highest BCUT2D eigenvalue weighted by atomic mass is 15.3. The summed E-state index contributed by atoms with van der Waals surface area (Å²) < 4.78 is 1.81. The van der Waals surface area contributed by atoms with Gasteiger partial charge < -0.3 is 5.32 Å². The summed E-state index contributed by atoms with van der Waals surface area (Å²) in [4.78, 5) is 4.01. The molecule has 0 spiro atoms. The predicted molar refractivity (Wildman–Crippen MR) is 62.7 cm³/mol. The van der Waals surface area contributed by atoms with Crippen molar-refractivity contribution in [2.45, 2.75) is 19.5 Å². The van der Waals surface area contributed by atoms with E-state index in [9.17, 15) is 0 Å². The van der Waals surface area contributed by atoms with Crippen LogP contribution in [0.4, 0.5) is 0 Å². The number of hydrogen-bond donors (Lipinski definition) is 1. The normalized spacial score (nSPS) is 12.6. The fraction of sp³-hybridized carbons (Fsp3) is 0.333. The Morgan fingerprint density at radius 3 is 2.69 bits per heavy atom. The van der Waals surface area contributed by atoms with Gasteiger partial charge in [0.15, 0.2) is 0 Å². The van der Waals surface area contributed by atoms with Crippen molar-refractivity contribution in [1.29, 1.82) is 0 Å². The van der Waals surface area contributed by atoms with E-state index >= 15 is 0 Å². The zero-order chi connectivity index (χ0) is 11.4. The maximum Gasteiger partial charge on any atom is 0.0762 e. The molecule has 0 saturated heterocycles. The first-order valence-corrected chi connectivity index (χ1v) is 5.37. The molecule has 16 heavy (non-hydrogen) atoms. The zero-order valence-corrected chi connectivity index (χ0v) is 9.59. The molecule has 0 aliphatic carbocycles. The molecule has 2 aromatic heterocycles. The maximum absolute atomic E-state index is 4.32. The fourth-order valence-corrected chi connectivity index (χ4v) is 1.59. The molecule has 1 N–H and O–H groups in total. The topological polar surface area (TPSA) is 42.7 Å². The molecule has 84 valence electrons. The van der Waals surface area contributed by atoms with Gasteiger partial charge in [-0.05, 0) is 30.7 Å². The van der Waals surface area contributed by atoms with Crippen molar-refractivity contribution in [3.8, 4) is 0 Å². The Labute approximate surface area is 95.3 Å². The molecule has 0 fully saturated rings. The Hall–Kier alpha value is -1.68. The van der Waals surface area contributed by atoms with Gasteiger partial charge in [0, 0.05) is 38.2 Å². The molecule has 0 aliphatic heterocycles. The molecule has 4 nitrogen and oxygen atoms in total. The van der Waals surface area contributed by atoms with E-state index in [0.29, 0.717) is 6.04 Å². The summed E-state index contributed by atoms with van der Waals surface area (Å²) in [5, 5.41) is 7.74. The van der Waals surface area contributed by atoms with Crippen molar-refractivity contribution in [2.24, 2.45) is 7.05 Å². The van der Waals surface area contributed by atoms with Crippen LogP contribution in [-0.2, 0) is 13.6 Å². The van der Waals surface area contributed by atoms with E-state index in [0.717, 1.165) is 12.2 Å². The number of nitrogens with zero attached hydrogens (tertiary/aromatic N) is 3. The van der Waals surface area contributed by atoms with Gasteiger partial charge in [0.2, 0.25) is 0 Å². The van der Waals surface area contributed by atoms with Crippen LogP contribution < -0.4 is 5.32 Å². The van der Waals surface area contributed by atoms with Gasteiger partial charge in [0.05, 0.1) is 5.69 Å². The summed E-state index contributed by atoms with van der Waals surface area (Å²) in [6.45, 7) is 2.92. The lowest BCUT2D eigenvalue weighted by molar-refractivity contribution is 0.561. The van der Waals surface area contributed by atoms with E-state index in [1.54, 1.807) is 0 Å². The molecule has 0 saturated carbocycles. The lowest BCUT2D eigenvalue weighted by atomic mass is 10.1. The SMILES string of the molecule is C[C@@H](NCc1ccn(C)n1)c1ccncc1. The van der Waals surface area contributed by atoms with Gasteiger partial charge in [-0.25, -0.2) is 0 Å². The molecule has 2 heterocycles. The standard InChI is InChI=1S/C12H16N4/c1-10(11-3-6-13-7-4-11)14-9-12-5-8-16(2)15-12/h3-8,10,14H,9H2,1-2H3/t10-/m1/s1. The summed E-state index contributed by atoms with van der Waals surface area (Å²) >= 11 is 0. The van der Waals surface area contributed by atoms with Crippen molar-refractivity contribution >= 4 is 0 Å². The van der Waals surface area contributed by atoms with Crippen LogP contribution in [0, 0.1) is 0 Å². The minimum Gasteiger partial charge on any atom is -0.304 e. The number of rotatable bonds is 4. The predicted octanol–water partition coefficient (Wildman–Crippen LogP) is 1.67. The third kappa shape index (κ3) is 2.67. The minimum atomic E-state index is 0.310. The van der Waals surface area contributed by atoms with E-state index in [-0.39, 0.29) is 0 Å². The quantitative estimate of drug-likeness (QED) is 0.845. The van der Waals surface area contributed by atoms with Gasteiger partial charge in [-0.3, -0.25) is 9.67 Å². The molecule has 0 aromatic carbocycles. The average molecular weight is 216 g/mol. The van der Waals surface area contributed by atoms with Crippen LogP contribution in [0.2, 0.25) is 0 Å². The highest BCUT2D eigenvalue weighted by Gasteiger charge is 2.04. The molecule has 4 heteroatoms. The summed E-state index contributed by atoms with van der Waals surface area (Å²) in [6, 6.07) is 6.38. The van der Waals surface area contributed by atoms with Crippen molar-refractivity contribution in [2.75, 3.05) is 0 Å². The van der Waals surface area contributed by atoms with Crippen LogP contribution >= 0.6 is 0 Å². The van der Waals surface area contributed by atoms with Crippen LogP contribution in [0.25, 0.3) is 0 Å². The lowest BCUT2D eigenvalue weighted by Gasteiger charge is -2.12. The van der Waals surface area contributed by atoms with Gasteiger partial charge in [-0.1, -0.05) is 0 Å². The van der Waals surface area contributed by atoms with E-state index in [1.807, 2.05) is 48.5 Å². The maximum atomic E-state index is 4.32. The Bertz CT molecular complexity index is 435. The molecule has 0 amide bonds. The zero-order valence-electron chi connectivity index (χ0n) is 9.59. The van der Waals surface area contributed by atoms with E-state index in [2.05, 4.69) is 22.3 Å². The second-order valence-electron chi connectivity index (χ2n) is 3.86. The number of hydrogen-bond acceptors (Lipinski definition) is 3. The lowest BCUT2D eigenvalue weighted by Crippen LogP contribution is -2.18. The Balaban J connectivity index is 1.91. The Morgan fingerprint density at radius 1 is 1.31 bits per heavy atom. The Morgan fingerprint density at radius 2 is 2.06 bits per heavy atom. The van der Waals surface area contributed by atoms with Crippen LogP contribution in [0.5, 0.6) is 0 Å². The van der Waals surface area contributed by atoms with Gasteiger partial charge >= 0.3 is 0 Å². The molecule has 0 aliphatic rings. The van der Waals surface area contributed by atoms with Crippen LogP contribution in [0.3, 0.4) is 0 Å². The third-order valence-corrected chi connectivity index (χ3v) is 2.56. The number of pyridine rings is 1. The molecule has 2 aromatic rings.